The van der Waals surface area contributed by atoms with Gasteiger partial charge in [0.25, 0.3) is 0 Å². The predicted molar refractivity (Wildman–Crippen MR) is 69.3 cm³/mol. The Kier molecular flexibility index (Phi) is 5.49. The van der Waals surface area contributed by atoms with E-state index >= 15 is 0 Å². The third-order valence-electron chi connectivity index (χ3n) is 2.40. The van der Waals surface area contributed by atoms with Gasteiger partial charge < -0.3 is 9.64 Å². The molecule has 88 valence electrons. The van der Waals surface area contributed by atoms with Gasteiger partial charge in [-0.05, 0) is 25.1 Å². The van der Waals surface area contributed by atoms with Crippen LogP contribution < -0.4 is 4.90 Å². The molecular formula is C12H16BrNO2. The molecule has 0 aromatic heterocycles. The zero-order chi connectivity index (χ0) is 12.0. The highest BCUT2D eigenvalue weighted by molar-refractivity contribution is 9.10. The lowest BCUT2D eigenvalue weighted by atomic mass is 10.1. The van der Waals surface area contributed by atoms with E-state index in [0.29, 0.717) is 12.2 Å². The molecule has 0 amide bonds. The molecule has 0 unspecified atom stereocenters. The number of aldehydes is 1. The van der Waals surface area contributed by atoms with Crippen LogP contribution in [0, 0.1) is 0 Å². The largest absolute Gasteiger partial charge is 0.383 e. The van der Waals surface area contributed by atoms with Crippen molar-refractivity contribution < 1.29 is 9.53 Å². The Morgan fingerprint density at radius 3 is 2.81 bits per heavy atom. The average Bonchev–Trinajstić information content (AvgIpc) is 2.31. The maximum atomic E-state index is 11.0. The molecule has 16 heavy (non-hydrogen) atoms. The minimum atomic E-state index is 0.655. The first-order valence-electron chi connectivity index (χ1n) is 5.21. The Balaban J connectivity index is 2.94. The summed E-state index contributed by atoms with van der Waals surface area (Å²) in [6, 6.07) is 5.72. The smallest absolute Gasteiger partial charge is 0.152 e. The number of likely N-dealkylation sites (N-methyl/N-ethyl adjacent to an activating group) is 1. The molecule has 1 aromatic carbocycles. The molecule has 0 radical (unpaired) electrons. The summed E-state index contributed by atoms with van der Waals surface area (Å²) in [5.74, 6) is 0. The van der Waals surface area contributed by atoms with Crippen molar-refractivity contribution >= 4 is 27.9 Å². The van der Waals surface area contributed by atoms with Crippen molar-refractivity contribution in [1.29, 1.82) is 0 Å². The Morgan fingerprint density at radius 1 is 1.50 bits per heavy atom. The van der Waals surface area contributed by atoms with Crippen LogP contribution in [0.3, 0.4) is 0 Å². The van der Waals surface area contributed by atoms with E-state index < -0.39 is 0 Å². The molecule has 0 aliphatic carbocycles. The lowest BCUT2D eigenvalue weighted by Crippen LogP contribution is -2.27. The van der Waals surface area contributed by atoms with Crippen LogP contribution in [0.25, 0.3) is 0 Å². The summed E-state index contributed by atoms with van der Waals surface area (Å²) in [4.78, 5) is 13.1. The molecule has 1 aromatic rings. The van der Waals surface area contributed by atoms with Gasteiger partial charge in [-0.15, -0.1) is 0 Å². The molecule has 0 atom stereocenters. The van der Waals surface area contributed by atoms with Gasteiger partial charge in [-0.3, -0.25) is 4.79 Å². The first-order valence-corrected chi connectivity index (χ1v) is 6.00. The third-order valence-corrected chi connectivity index (χ3v) is 2.90. The highest BCUT2D eigenvalue weighted by Crippen LogP contribution is 2.23. The first-order chi connectivity index (χ1) is 7.72. The minimum Gasteiger partial charge on any atom is -0.383 e. The average molecular weight is 286 g/mol. The molecule has 0 fully saturated rings. The number of carbonyl (C=O) groups excluding carboxylic acids is 1. The van der Waals surface area contributed by atoms with E-state index in [1.165, 1.54) is 0 Å². The monoisotopic (exact) mass is 285 g/mol. The Bertz CT molecular complexity index is 355. The number of rotatable bonds is 6. The molecule has 0 N–H and O–H groups in total. The van der Waals surface area contributed by atoms with Crippen LogP contribution in [-0.2, 0) is 4.74 Å². The molecule has 3 nitrogen and oxygen atoms in total. The van der Waals surface area contributed by atoms with Gasteiger partial charge in [0.15, 0.2) is 6.29 Å². The van der Waals surface area contributed by atoms with Crippen molar-refractivity contribution in [3.05, 3.63) is 28.2 Å². The van der Waals surface area contributed by atoms with Crippen LogP contribution in [-0.4, -0.2) is 33.1 Å². The lowest BCUT2D eigenvalue weighted by Gasteiger charge is -2.24. The summed E-state index contributed by atoms with van der Waals surface area (Å²) >= 11 is 3.36. The number of carbonyl (C=O) groups is 1. The van der Waals surface area contributed by atoms with Gasteiger partial charge in [0.05, 0.1) is 6.61 Å². The Labute approximate surface area is 105 Å². The molecule has 0 spiro atoms. The van der Waals surface area contributed by atoms with Gasteiger partial charge in [0, 0.05) is 35.9 Å². The predicted octanol–water partition coefficient (Wildman–Crippen LogP) is 2.73. The van der Waals surface area contributed by atoms with Crippen molar-refractivity contribution in [2.24, 2.45) is 0 Å². The summed E-state index contributed by atoms with van der Waals surface area (Å²) < 4.78 is 5.97. The maximum Gasteiger partial charge on any atom is 0.152 e. The molecule has 0 aliphatic heterocycles. The van der Waals surface area contributed by atoms with Gasteiger partial charge in [-0.25, -0.2) is 0 Å². The van der Waals surface area contributed by atoms with Crippen LogP contribution in [0.4, 0.5) is 5.69 Å². The molecular weight excluding hydrogens is 270 g/mol. The molecule has 4 heteroatoms. The number of methoxy groups -OCH3 is 1. The van der Waals surface area contributed by atoms with Gasteiger partial charge in [0.1, 0.15) is 0 Å². The number of hydrogen-bond donors (Lipinski definition) is 0. The quantitative estimate of drug-likeness (QED) is 0.753. The fraction of sp³-hybridized carbons (Fsp3) is 0.417. The van der Waals surface area contributed by atoms with E-state index in [0.717, 1.165) is 29.5 Å². The standard InChI is InChI=1S/C12H16BrNO2/c1-3-14(6-7-16-2)12-5-4-11(13)8-10(12)9-15/h4-5,8-9H,3,6-7H2,1-2H3. The third kappa shape index (κ3) is 3.32. The van der Waals surface area contributed by atoms with Crippen molar-refractivity contribution in [3.8, 4) is 0 Å². The summed E-state index contributed by atoms with van der Waals surface area (Å²) in [5.41, 5.74) is 1.66. The normalized spacial score (nSPS) is 10.2. The number of ether oxygens (including phenoxy) is 1. The second kappa shape index (κ2) is 6.66. The topological polar surface area (TPSA) is 29.5 Å². The van der Waals surface area contributed by atoms with Crippen LogP contribution in [0.15, 0.2) is 22.7 Å². The van der Waals surface area contributed by atoms with E-state index in [-0.39, 0.29) is 0 Å². The molecule has 0 saturated carbocycles. The van der Waals surface area contributed by atoms with Crippen LogP contribution in [0.5, 0.6) is 0 Å². The number of nitrogens with zero attached hydrogens (tertiary/aromatic N) is 1. The van der Waals surface area contributed by atoms with Gasteiger partial charge >= 0.3 is 0 Å². The van der Waals surface area contributed by atoms with E-state index in [4.69, 9.17) is 4.74 Å². The maximum absolute atomic E-state index is 11.0. The number of hydrogen-bond acceptors (Lipinski definition) is 3. The molecule has 0 bridgehead atoms. The van der Waals surface area contributed by atoms with E-state index in [1.54, 1.807) is 7.11 Å². The van der Waals surface area contributed by atoms with E-state index in [2.05, 4.69) is 27.8 Å². The summed E-state index contributed by atoms with van der Waals surface area (Å²) in [6.07, 6.45) is 0.884. The zero-order valence-electron chi connectivity index (χ0n) is 9.57. The molecule has 0 saturated heterocycles. The van der Waals surface area contributed by atoms with E-state index in [1.807, 2.05) is 18.2 Å². The Hall–Kier alpha value is -0.870. The molecule has 0 heterocycles. The number of benzene rings is 1. The second-order valence-electron chi connectivity index (χ2n) is 3.39. The lowest BCUT2D eigenvalue weighted by molar-refractivity contribution is 0.112. The summed E-state index contributed by atoms with van der Waals surface area (Å²) in [5, 5.41) is 0. The van der Waals surface area contributed by atoms with Crippen LogP contribution in [0.1, 0.15) is 17.3 Å². The Morgan fingerprint density at radius 2 is 2.25 bits per heavy atom. The van der Waals surface area contributed by atoms with E-state index in [9.17, 15) is 4.79 Å². The van der Waals surface area contributed by atoms with Gasteiger partial charge in [-0.1, -0.05) is 15.9 Å². The fourth-order valence-corrected chi connectivity index (χ4v) is 1.94. The highest BCUT2D eigenvalue weighted by Gasteiger charge is 2.09. The highest BCUT2D eigenvalue weighted by atomic mass is 79.9. The van der Waals surface area contributed by atoms with Crippen molar-refractivity contribution in [2.45, 2.75) is 6.92 Å². The van der Waals surface area contributed by atoms with Gasteiger partial charge in [0.2, 0.25) is 0 Å². The fourth-order valence-electron chi connectivity index (χ4n) is 1.56. The summed E-state index contributed by atoms with van der Waals surface area (Å²) in [6.45, 7) is 4.36. The van der Waals surface area contributed by atoms with Crippen LogP contribution >= 0.6 is 15.9 Å². The zero-order valence-corrected chi connectivity index (χ0v) is 11.2. The number of anilines is 1. The SMILES string of the molecule is CCN(CCOC)c1ccc(Br)cc1C=O. The molecule has 0 aliphatic rings. The van der Waals surface area contributed by atoms with Crippen molar-refractivity contribution in [3.63, 3.8) is 0 Å². The number of halogens is 1. The summed E-state index contributed by atoms with van der Waals surface area (Å²) in [7, 11) is 1.68. The van der Waals surface area contributed by atoms with Crippen molar-refractivity contribution in [1.82, 2.24) is 0 Å². The molecule has 1 rings (SSSR count). The second-order valence-corrected chi connectivity index (χ2v) is 4.31. The van der Waals surface area contributed by atoms with Crippen LogP contribution in [0.2, 0.25) is 0 Å². The first kappa shape index (κ1) is 13.2. The van der Waals surface area contributed by atoms with Gasteiger partial charge in [-0.2, -0.15) is 0 Å². The van der Waals surface area contributed by atoms with Crippen molar-refractivity contribution in [2.75, 3.05) is 31.7 Å². The minimum absolute atomic E-state index is 0.655.